The molecule has 1 aliphatic rings. The monoisotopic (exact) mass is 292 g/mol. The Balaban J connectivity index is 2.27. The first kappa shape index (κ1) is 15.9. The number of hydrogen-bond donors (Lipinski definition) is 2. The van der Waals surface area contributed by atoms with Gasteiger partial charge in [-0.1, -0.05) is 0 Å². The van der Waals surface area contributed by atoms with Crippen molar-refractivity contribution in [2.24, 2.45) is 0 Å². The largest absolute Gasteiger partial charge is 0.481 e. The fourth-order valence-electron chi connectivity index (χ4n) is 1.80. The van der Waals surface area contributed by atoms with Gasteiger partial charge in [-0.25, -0.2) is 4.79 Å². The zero-order chi connectivity index (χ0) is 14.3. The van der Waals surface area contributed by atoms with Gasteiger partial charge in [-0.15, -0.1) is 0 Å². The molecule has 0 bridgehead atoms. The summed E-state index contributed by atoms with van der Waals surface area (Å²) < 4.78 is 16.1. The smallest absolute Gasteiger partial charge is 0.317 e. The van der Waals surface area contributed by atoms with E-state index in [9.17, 15) is 13.8 Å². The first-order chi connectivity index (χ1) is 8.99. The fraction of sp³-hybridized carbons (Fsp3) is 0.818. The highest BCUT2D eigenvalue weighted by Crippen LogP contribution is 2.08. The maximum absolute atomic E-state index is 11.8. The van der Waals surface area contributed by atoms with E-state index in [-0.39, 0.29) is 19.0 Å². The lowest BCUT2D eigenvalue weighted by atomic mass is 10.2. The first-order valence-electron chi connectivity index (χ1n) is 6.15. The van der Waals surface area contributed by atoms with Gasteiger partial charge in [0.2, 0.25) is 0 Å². The summed E-state index contributed by atoms with van der Waals surface area (Å²) in [6, 6.07) is -0.222. The highest BCUT2D eigenvalue weighted by Gasteiger charge is 2.25. The predicted octanol–water partition coefficient (Wildman–Crippen LogP) is -0.360. The summed E-state index contributed by atoms with van der Waals surface area (Å²) in [6.45, 7) is 1.57. The molecule has 0 aromatic heterocycles. The second kappa shape index (κ2) is 8.11. The number of carbonyl (C=O) groups is 2. The molecule has 19 heavy (non-hydrogen) atoms. The third-order valence-corrected chi connectivity index (χ3v) is 3.58. The summed E-state index contributed by atoms with van der Waals surface area (Å²) in [5.41, 5.74) is 0. The van der Waals surface area contributed by atoms with Gasteiger partial charge in [-0.05, 0) is 6.42 Å². The summed E-state index contributed by atoms with van der Waals surface area (Å²) in [5, 5.41) is 11.4. The zero-order valence-electron chi connectivity index (χ0n) is 11.0. The maximum atomic E-state index is 11.8. The average molecular weight is 292 g/mol. The summed E-state index contributed by atoms with van der Waals surface area (Å²) in [4.78, 5) is 24.0. The van der Waals surface area contributed by atoms with Crippen LogP contribution < -0.4 is 5.32 Å². The van der Waals surface area contributed by atoms with Crippen molar-refractivity contribution in [2.45, 2.75) is 18.9 Å². The van der Waals surface area contributed by atoms with Gasteiger partial charge in [0.15, 0.2) is 0 Å². The first-order valence-corrected chi connectivity index (χ1v) is 7.88. The number of urea groups is 1. The predicted molar refractivity (Wildman–Crippen MR) is 70.5 cm³/mol. The Morgan fingerprint density at radius 2 is 2.26 bits per heavy atom. The van der Waals surface area contributed by atoms with Crippen molar-refractivity contribution in [3.8, 4) is 0 Å². The van der Waals surface area contributed by atoms with Crippen LogP contribution in [0.25, 0.3) is 0 Å². The van der Waals surface area contributed by atoms with Gasteiger partial charge in [0.05, 0.1) is 19.1 Å². The van der Waals surface area contributed by atoms with Gasteiger partial charge in [0.1, 0.15) is 0 Å². The maximum Gasteiger partial charge on any atom is 0.317 e. The molecule has 1 saturated heterocycles. The fourth-order valence-corrected chi connectivity index (χ4v) is 2.36. The summed E-state index contributed by atoms with van der Waals surface area (Å²) in [5.74, 6) is -0.372. The molecule has 1 fully saturated rings. The number of nitrogens with zero attached hydrogens (tertiary/aromatic N) is 1. The molecule has 0 aromatic rings. The molecule has 7 nitrogen and oxygen atoms in total. The zero-order valence-corrected chi connectivity index (χ0v) is 11.8. The Morgan fingerprint density at radius 1 is 1.53 bits per heavy atom. The molecule has 0 aromatic carbocycles. The van der Waals surface area contributed by atoms with Crippen molar-refractivity contribution in [1.29, 1.82) is 0 Å². The number of nitrogens with one attached hydrogen (secondary N) is 1. The van der Waals surface area contributed by atoms with Crippen LogP contribution in [-0.2, 0) is 20.3 Å². The quantitative estimate of drug-likeness (QED) is 0.652. The number of rotatable bonds is 6. The molecule has 1 aliphatic heterocycles. The Hall–Kier alpha value is -1.15. The summed E-state index contributed by atoms with van der Waals surface area (Å²) >= 11 is 0. The van der Waals surface area contributed by atoms with Gasteiger partial charge in [0, 0.05) is 42.4 Å². The van der Waals surface area contributed by atoms with E-state index in [1.807, 2.05) is 0 Å². The van der Waals surface area contributed by atoms with Gasteiger partial charge >= 0.3 is 12.0 Å². The van der Waals surface area contributed by atoms with Crippen LogP contribution in [-0.4, -0.2) is 70.6 Å². The van der Waals surface area contributed by atoms with Crippen molar-refractivity contribution in [3.05, 3.63) is 0 Å². The molecule has 2 N–H and O–H groups in total. The van der Waals surface area contributed by atoms with E-state index in [4.69, 9.17) is 9.84 Å². The summed E-state index contributed by atoms with van der Waals surface area (Å²) in [6.07, 6.45) is 1.75. The molecular weight excluding hydrogens is 272 g/mol. The molecule has 0 spiro atoms. The summed E-state index contributed by atoms with van der Waals surface area (Å²) in [7, 11) is -0.848. The van der Waals surface area contributed by atoms with Crippen molar-refractivity contribution < 1.29 is 23.6 Å². The van der Waals surface area contributed by atoms with Crippen molar-refractivity contribution in [3.63, 3.8) is 0 Å². The van der Waals surface area contributed by atoms with Crippen LogP contribution >= 0.6 is 0 Å². The molecule has 0 radical (unpaired) electrons. The number of aliphatic carboxylic acids is 1. The second-order valence-corrected chi connectivity index (χ2v) is 5.95. The van der Waals surface area contributed by atoms with Gasteiger partial charge in [-0.2, -0.15) is 0 Å². The number of carboxylic acids is 1. The van der Waals surface area contributed by atoms with Crippen LogP contribution in [0.2, 0.25) is 0 Å². The highest BCUT2D eigenvalue weighted by molar-refractivity contribution is 7.84. The van der Waals surface area contributed by atoms with E-state index in [0.29, 0.717) is 31.9 Å². The standard InChI is InChI=1S/C11H20N2O5S/c1-19(17)6-2-3-12-11(16)13-4-5-18-9(8-13)7-10(14)15/h9H,2-8H2,1H3,(H,12,16)(H,14,15). The number of hydrogen-bond acceptors (Lipinski definition) is 4. The van der Waals surface area contributed by atoms with E-state index >= 15 is 0 Å². The Kier molecular flexibility index (Phi) is 6.79. The Bertz CT molecular complexity index is 350. The van der Waals surface area contributed by atoms with E-state index in [2.05, 4.69) is 5.32 Å². The lowest BCUT2D eigenvalue weighted by molar-refractivity contribution is -0.141. The van der Waals surface area contributed by atoms with Crippen LogP contribution in [0.5, 0.6) is 0 Å². The average Bonchev–Trinajstić information content (AvgIpc) is 2.33. The molecule has 8 heteroatoms. The van der Waals surface area contributed by atoms with Crippen LogP contribution in [0.15, 0.2) is 0 Å². The van der Waals surface area contributed by atoms with Crippen LogP contribution in [0.1, 0.15) is 12.8 Å². The second-order valence-electron chi connectivity index (χ2n) is 4.40. The third kappa shape index (κ3) is 6.53. The minimum Gasteiger partial charge on any atom is -0.481 e. The van der Waals surface area contributed by atoms with Crippen LogP contribution in [0.4, 0.5) is 4.79 Å². The third-order valence-electron chi connectivity index (χ3n) is 2.71. The van der Waals surface area contributed by atoms with Crippen molar-refractivity contribution in [1.82, 2.24) is 10.2 Å². The van der Waals surface area contributed by atoms with E-state index < -0.39 is 22.9 Å². The minimum absolute atomic E-state index is 0.0986. The molecule has 110 valence electrons. The van der Waals surface area contributed by atoms with E-state index in [1.54, 1.807) is 11.2 Å². The molecular formula is C11H20N2O5S. The van der Waals surface area contributed by atoms with Gasteiger partial charge in [0.25, 0.3) is 0 Å². The number of ether oxygens (including phenoxy) is 1. The van der Waals surface area contributed by atoms with Crippen LogP contribution in [0, 0.1) is 0 Å². The number of carbonyl (C=O) groups excluding carboxylic acids is 1. The van der Waals surface area contributed by atoms with Gasteiger partial charge < -0.3 is 20.1 Å². The van der Waals surface area contributed by atoms with Crippen molar-refractivity contribution >= 4 is 22.8 Å². The molecule has 2 atom stereocenters. The minimum atomic E-state index is -0.933. The number of amides is 2. The Labute approximate surface area is 114 Å². The van der Waals surface area contributed by atoms with E-state index in [0.717, 1.165) is 0 Å². The Morgan fingerprint density at radius 3 is 2.89 bits per heavy atom. The molecule has 2 unspecified atom stereocenters. The number of carboxylic acid groups (broad SMARTS) is 1. The normalized spacial score (nSPS) is 20.9. The van der Waals surface area contributed by atoms with Gasteiger partial charge in [-0.3, -0.25) is 9.00 Å². The topological polar surface area (TPSA) is 95.9 Å². The van der Waals surface area contributed by atoms with Crippen molar-refractivity contribution in [2.75, 3.05) is 38.2 Å². The molecule has 2 amide bonds. The number of morpholine rings is 1. The SMILES string of the molecule is CS(=O)CCCNC(=O)N1CCOC(CC(=O)O)C1. The lowest BCUT2D eigenvalue weighted by Gasteiger charge is -2.32. The molecule has 0 saturated carbocycles. The molecule has 1 rings (SSSR count). The molecule has 1 heterocycles. The lowest BCUT2D eigenvalue weighted by Crippen LogP contribution is -2.50. The molecule has 0 aliphatic carbocycles. The van der Waals surface area contributed by atoms with Crippen LogP contribution in [0.3, 0.4) is 0 Å². The van der Waals surface area contributed by atoms with E-state index in [1.165, 1.54) is 0 Å². The highest BCUT2D eigenvalue weighted by atomic mass is 32.2.